The van der Waals surface area contributed by atoms with Crippen LogP contribution >= 0.6 is 0 Å². The maximum absolute atomic E-state index is 12.8. The number of likely N-dealkylation sites (tertiary alicyclic amines) is 1. The molecule has 0 spiro atoms. The summed E-state index contributed by atoms with van der Waals surface area (Å²) in [6.07, 6.45) is 1.46. The van der Waals surface area contributed by atoms with Crippen molar-refractivity contribution < 1.29 is 19.4 Å². The van der Waals surface area contributed by atoms with Gasteiger partial charge in [-0.1, -0.05) is 30.3 Å². The third-order valence-corrected chi connectivity index (χ3v) is 4.86. The quantitative estimate of drug-likeness (QED) is 0.676. The van der Waals surface area contributed by atoms with E-state index in [9.17, 15) is 14.7 Å². The number of aliphatic hydroxyl groups is 1. The Morgan fingerprint density at radius 2 is 1.91 bits per heavy atom. The predicted octanol–water partition coefficient (Wildman–Crippen LogP) is 1.52. The molecule has 1 aromatic rings. The highest BCUT2D eigenvalue weighted by Gasteiger charge is 2.70. The highest BCUT2D eigenvalue weighted by molar-refractivity contribution is 6.06. The van der Waals surface area contributed by atoms with Gasteiger partial charge in [0.15, 0.2) is 5.41 Å². The third-order valence-electron chi connectivity index (χ3n) is 4.86. The van der Waals surface area contributed by atoms with E-state index in [0.717, 1.165) is 18.4 Å². The van der Waals surface area contributed by atoms with Crippen LogP contribution in [0.5, 0.6) is 0 Å². The highest BCUT2D eigenvalue weighted by Crippen LogP contribution is 2.60. The fourth-order valence-corrected chi connectivity index (χ4v) is 3.50. The number of carbonyl (C=O) groups excluding carboxylic acids is 2. The Balaban J connectivity index is 1.84. The Morgan fingerprint density at radius 1 is 1.27 bits per heavy atom. The van der Waals surface area contributed by atoms with Crippen LogP contribution in [-0.2, 0) is 14.3 Å². The van der Waals surface area contributed by atoms with E-state index < -0.39 is 23.4 Å². The molecule has 22 heavy (non-hydrogen) atoms. The molecule has 5 heteroatoms. The molecule has 3 atom stereocenters. The zero-order valence-electron chi connectivity index (χ0n) is 12.7. The number of ether oxygens (including phenoxy) is 1. The number of hydrogen-bond donors (Lipinski definition) is 1. The van der Waals surface area contributed by atoms with Crippen LogP contribution in [0, 0.1) is 11.3 Å². The standard InChI is InChI=1S/C17H21NO4/c1-22-16(21)17(15(20)18-9-5-6-10-18)11-13(17)14(19)12-7-3-2-4-8-12/h2-4,7-8,13-14,19H,5-6,9-11H2,1H3. The Bertz CT molecular complexity index is 567. The lowest BCUT2D eigenvalue weighted by molar-refractivity contribution is -0.157. The lowest BCUT2D eigenvalue weighted by Gasteiger charge is -2.23. The van der Waals surface area contributed by atoms with Crippen LogP contribution in [-0.4, -0.2) is 42.1 Å². The predicted molar refractivity (Wildman–Crippen MR) is 79.8 cm³/mol. The first-order valence-electron chi connectivity index (χ1n) is 7.72. The van der Waals surface area contributed by atoms with Crippen LogP contribution in [0.3, 0.4) is 0 Å². The van der Waals surface area contributed by atoms with Crippen molar-refractivity contribution >= 4 is 11.9 Å². The fourth-order valence-electron chi connectivity index (χ4n) is 3.50. The van der Waals surface area contributed by atoms with Gasteiger partial charge in [0.1, 0.15) is 0 Å². The van der Waals surface area contributed by atoms with E-state index in [1.807, 2.05) is 30.3 Å². The molecular weight excluding hydrogens is 282 g/mol. The second-order valence-electron chi connectivity index (χ2n) is 6.13. The third kappa shape index (κ3) is 2.29. The van der Waals surface area contributed by atoms with Crippen molar-refractivity contribution in [3.05, 3.63) is 35.9 Å². The molecule has 0 aromatic heterocycles. The van der Waals surface area contributed by atoms with E-state index in [4.69, 9.17) is 4.74 Å². The number of carbonyl (C=O) groups is 2. The van der Waals surface area contributed by atoms with Crippen LogP contribution < -0.4 is 0 Å². The van der Waals surface area contributed by atoms with Crippen LogP contribution in [0.2, 0.25) is 0 Å². The van der Waals surface area contributed by atoms with Crippen molar-refractivity contribution in [2.75, 3.05) is 20.2 Å². The number of benzene rings is 1. The summed E-state index contributed by atoms with van der Waals surface area (Å²) < 4.78 is 4.88. The Kier molecular flexibility index (Phi) is 3.91. The number of amides is 1. The van der Waals surface area contributed by atoms with E-state index in [1.165, 1.54) is 7.11 Å². The average molecular weight is 303 g/mol. The number of aliphatic hydroxyl groups excluding tert-OH is 1. The molecule has 1 amide bonds. The van der Waals surface area contributed by atoms with Crippen LogP contribution in [0.15, 0.2) is 30.3 Å². The maximum atomic E-state index is 12.8. The van der Waals surface area contributed by atoms with Gasteiger partial charge in [0.05, 0.1) is 13.2 Å². The van der Waals surface area contributed by atoms with Crippen molar-refractivity contribution in [1.82, 2.24) is 4.90 Å². The highest BCUT2D eigenvalue weighted by atomic mass is 16.5. The first-order valence-corrected chi connectivity index (χ1v) is 7.72. The molecule has 2 fully saturated rings. The molecule has 1 aliphatic carbocycles. The van der Waals surface area contributed by atoms with Gasteiger partial charge in [-0.25, -0.2) is 0 Å². The summed E-state index contributed by atoms with van der Waals surface area (Å²) >= 11 is 0. The zero-order valence-corrected chi connectivity index (χ0v) is 12.7. The molecule has 1 saturated heterocycles. The van der Waals surface area contributed by atoms with Crippen LogP contribution in [0.1, 0.15) is 30.9 Å². The lowest BCUT2D eigenvalue weighted by Crippen LogP contribution is -2.41. The Morgan fingerprint density at radius 3 is 2.50 bits per heavy atom. The maximum Gasteiger partial charge on any atom is 0.321 e. The molecular formula is C17H21NO4. The largest absolute Gasteiger partial charge is 0.468 e. The van der Waals surface area contributed by atoms with E-state index >= 15 is 0 Å². The summed E-state index contributed by atoms with van der Waals surface area (Å²) in [5.74, 6) is -1.11. The molecule has 118 valence electrons. The monoisotopic (exact) mass is 303 g/mol. The van der Waals surface area contributed by atoms with Gasteiger partial charge in [-0.2, -0.15) is 0 Å². The van der Waals surface area contributed by atoms with Gasteiger partial charge in [-0.15, -0.1) is 0 Å². The summed E-state index contributed by atoms with van der Waals surface area (Å²) in [7, 11) is 1.30. The normalized spacial score (nSPS) is 28.3. The van der Waals surface area contributed by atoms with E-state index in [1.54, 1.807) is 4.90 Å². The van der Waals surface area contributed by atoms with Gasteiger partial charge in [0.2, 0.25) is 5.91 Å². The topological polar surface area (TPSA) is 66.8 Å². The number of esters is 1. The first kappa shape index (κ1) is 15.0. The molecule has 5 nitrogen and oxygen atoms in total. The molecule has 1 aliphatic heterocycles. The minimum absolute atomic E-state index is 0.183. The number of nitrogens with zero attached hydrogens (tertiary/aromatic N) is 1. The van der Waals surface area contributed by atoms with Crippen LogP contribution in [0.4, 0.5) is 0 Å². The fraction of sp³-hybridized carbons (Fsp3) is 0.529. The van der Waals surface area contributed by atoms with Gasteiger partial charge in [-0.3, -0.25) is 9.59 Å². The molecule has 1 N–H and O–H groups in total. The summed E-state index contributed by atoms with van der Waals surface area (Å²) in [4.78, 5) is 26.8. The summed E-state index contributed by atoms with van der Waals surface area (Å²) in [6, 6.07) is 9.16. The van der Waals surface area contributed by atoms with Crippen molar-refractivity contribution in [3.8, 4) is 0 Å². The average Bonchev–Trinajstić information content (AvgIpc) is 3.08. The molecule has 3 rings (SSSR count). The van der Waals surface area contributed by atoms with Crippen LogP contribution in [0.25, 0.3) is 0 Å². The van der Waals surface area contributed by atoms with Gasteiger partial charge in [0.25, 0.3) is 0 Å². The number of hydrogen-bond acceptors (Lipinski definition) is 4. The molecule has 1 saturated carbocycles. The Hall–Kier alpha value is -1.88. The smallest absolute Gasteiger partial charge is 0.321 e. The molecule has 0 bridgehead atoms. The van der Waals surface area contributed by atoms with Gasteiger partial charge < -0.3 is 14.7 Å². The first-order chi connectivity index (χ1) is 10.6. The summed E-state index contributed by atoms with van der Waals surface area (Å²) in [6.45, 7) is 1.37. The molecule has 3 unspecified atom stereocenters. The molecule has 2 aliphatic rings. The van der Waals surface area contributed by atoms with Gasteiger partial charge in [0, 0.05) is 19.0 Å². The van der Waals surface area contributed by atoms with Gasteiger partial charge in [-0.05, 0) is 24.8 Å². The Labute approximate surface area is 129 Å². The molecule has 1 heterocycles. The summed E-state index contributed by atoms with van der Waals surface area (Å²) in [5, 5.41) is 10.6. The lowest BCUT2D eigenvalue weighted by atomic mass is 9.95. The van der Waals surface area contributed by atoms with Gasteiger partial charge >= 0.3 is 5.97 Å². The van der Waals surface area contributed by atoms with E-state index in [2.05, 4.69) is 0 Å². The second-order valence-corrected chi connectivity index (χ2v) is 6.13. The van der Waals surface area contributed by atoms with E-state index in [0.29, 0.717) is 19.5 Å². The van der Waals surface area contributed by atoms with E-state index in [-0.39, 0.29) is 5.91 Å². The minimum Gasteiger partial charge on any atom is -0.468 e. The number of methoxy groups -OCH3 is 1. The van der Waals surface area contributed by atoms with Crippen molar-refractivity contribution in [2.24, 2.45) is 11.3 Å². The minimum atomic E-state index is -1.20. The van der Waals surface area contributed by atoms with Crippen molar-refractivity contribution in [1.29, 1.82) is 0 Å². The van der Waals surface area contributed by atoms with Crippen molar-refractivity contribution in [3.63, 3.8) is 0 Å². The SMILES string of the molecule is COC(=O)C1(C(=O)N2CCCC2)CC1C(O)c1ccccc1. The second kappa shape index (κ2) is 5.72. The molecule has 0 radical (unpaired) electrons. The zero-order chi connectivity index (χ0) is 15.7. The summed E-state index contributed by atoms with van der Waals surface area (Å²) in [5.41, 5.74) is -0.471. The molecule has 1 aromatic carbocycles. The van der Waals surface area contributed by atoms with Crippen molar-refractivity contribution in [2.45, 2.75) is 25.4 Å². The number of rotatable bonds is 4.